The Bertz CT molecular complexity index is 264. The molecule has 0 saturated carbocycles. The molecule has 2 rings (SSSR count). The number of ether oxygens (including phenoxy) is 4. The minimum atomic E-state index is -0.552. The third-order valence-electron chi connectivity index (χ3n) is 2.96. The second kappa shape index (κ2) is 5.50. The molecule has 2 aliphatic heterocycles. The molecule has 0 aromatic heterocycles. The monoisotopic (exact) mass is 309 g/mol. The van der Waals surface area contributed by atoms with Gasteiger partial charge in [-0.3, -0.25) is 0 Å². The molecular weight excluding hydrogens is 290 g/mol. The summed E-state index contributed by atoms with van der Waals surface area (Å²) in [6.07, 6.45) is -0.549. The molecule has 100 valence electrons. The van der Waals surface area contributed by atoms with E-state index in [4.69, 9.17) is 18.9 Å². The van der Waals surface area contributed by atoms with Crippen molar-refractivity contribution in [3.05, 3.63) is 0 Å². The predicted molar refractivity (Wildman–Crippen MR) is 66.2 cm³/mol. The molecule has 4 atom stereocenters. The molecule has 2 fully saturated rings. The fourth-order valence-corrected chi connectivity index (χ4v) is 2.59. The summed E-state index contributed by atoms with van der Waals surface area (Å²) in [6.45, 7) is 5.48. The molecule has 0 radical (unpaired) electrons. The standard InChI is InChI=1S/C11H20BrNO4/c1-11(2)16-8-7(6-13-5-4-12)15-10(14-3)9(8)17-11/h7-10,13H,4-6H2,1-3H3/t7-,8-,9-,10-/m1/s1. The molecule has 1 N–H and O–H groups in total. The quantitative estimate of drug-likeness (QED) is 0.603. The van der Waals surface area contributed by atoms with Crippen LogP contribution in [0, 0.1) is 0 Å². The lowest BCUT2D eigenvalue weighted by molar-refractivity contribution is -0.226. The van der Waals surface area contributed by atoms with Crippen molar-refractivity contribution in [2.24, 2.45) is 0 Å². The van der Waals surface area contributed by atoms with Crippen molar-refractivity contribution in [3.63, 3.8) is 0 Å². The van der Waals surface area contributed by atoms with Crippen molar-refractivity contribution in [2.45, 2.75) is 44.2 Å². The van der Waals surface area contributed by atoms with Gasteiger partial charge in [0.15, 0.2) is 12.1 Å². The van der Waals surface area contributed by atoms with Gasteiger partial charge in [-0.1, -0.05) is 15.9 Å². The molecule has 6 heteroatoms. The Labute approximate surface area is 110 Å². The first kappa shape index (κ1) is 13.7. The van der Waals surface area contributed by atoms with Crippen molar-refractivity contribution < 1.29 is 18.9 Å². The Morgan fingerprint density at radius 2 is 2.00 bits per heavy atom. The average molecular weight is 310 g/mol. The highest BCUT2D eigenvalue weighted by atomic mass is 79.9. The lowest BCUT2D eigenvalue weighted by Gasteiger charge is -2.23. The Hall–Kier alpha value is 0.280. The summed E-state index contributed by atoms with van der Waals surface area (Å²) in [5.41, 5.74) is 0. The molecule has 0 spiro atoms. The van der Waals surface area contributed by atoms with Crippen LogP contribution >= 0.6 is 15.9 Å². The highest BCUT2D eigenvalue weighted by molar-refractivity contribution is 9.09. The summed E-state index contributed by atoms with van der Waals surface area (Å²) >= 11 is 3.38. The minimum Gasteiger partial charge on any atom is -0.353 e. The first-order valence-electron chi connectivity index (χ1n) is 5.88. The van der Waals surface area contributed by atoms with E-state index in [1.807, 2.05) is 13.8 Å². The van der Waals surface area contributed by atoms with Crippen LogP contribution in [0.1, 0.15) is 13.8 Å². The largest absolute Gasteiger partial charge is 0.353 e. The van der Waals surface area contributed by atoms with Crippen LogP contribution < -0.4 is 5.32 Å². The first-order valence-corrected chi connectivity index (χ1v) is 7.00. The van der Waals surface area contributed by atoms with Crippen molar-refractivity contribution in [1.29, 1.82) is 0 Å². The molecule has 0 aromatic carbocycles. The fourth-order valence-electron chi connectivity index (χ4n) is 2.31. The number of alkyl halides is 1. The summed E-state index contributed by atoms with van der Waals surface area (Å²) in [7, 11) is 1.63. The third-order valence-corrected chi connectivity index (χ3v) is 3.35. The Morgan fingerprint density at radius 1 is 1.29 bits per heavy atom. The van der Waals surface area contributed by atoms with E-state index < -0.39 is 5.79 Å². The second-order valence-corrected chi connectivity index (χ2v) is 5.53. The normalized spacial score (nSPS) is 39.5. The van der Waals surface area contributed by atoms with Crippen LogP contribution in [0.15, 0.2) is 0 Å². The summed E-state index contributed by atoms with van der Waals surface area (Å²) in [6, 6.07) is 0. The van der Waals surface area contributed by atoms with Gasteiger partial charge >= 0.3 is 0 Å². The summed E-state index contributed by atoms with van der Waals surface area (Å²) in [5.74, 6) is -0.552. The molecule has 2 aliphatic rings. The van der Waals surface area contributed by atoms with Crippen LogP contribution in [-0.4, -0.2) is 55.9 Å². The molecule has 2 saturated heterocycles. The third kappa shape index (κ3) is 3.00. The van der Waals surface area contributed by atoms with E-state index in [2.05, 4.69) is 21.2 Å². The SMILES string of the molecule is CO[C@@H]1O[C@H](CNCCBr)[C@H]2OC(C)(C)O[C@@H]12. The van der Waals surface area contributed by atoms with Gasteiger partial charge in [0, 0.05) is 25.5 Å². The fraction of sp³-hybridized carbons (Fsp3) is 1.00. The Balaban J connectivity index is 1.95. The van der Waals surface area contributed by atoms with Gasteiger partial charge in [0.25, 0.3) is 0 Å². The molecule has 5 nitrogen and oxygen atoms in total. The zero-order valence-electron chi connectivity index (χ0n) is 10.4. The molecule has 0 aromatic rings. The van der Waals surface area contributed by atoms with Gasteiger partial charge < -0.3 is 24.3 Å². The second-order valence-electron chi connectivity index (χ2n) is 4.74. The molecular formula is C11H20BrNO4. The number of halogens is 1. The zero-order chi connectivity index (χ0) is 12.5. The van der Waals surface area contributed by atoms with Gasteiger partial charge in [-0.25, -0.2) is 0 Å². The number of hydrogen-bond acceptors (Lipinski definition) is 5. The number of nitrogens with one attached hydrogen (secondary N) is 1. The van der Waals surface area contributed by atoms with Crippen molar-refractivity contribution in [3.8, 4) is 0 Å². The highest BCUT2D eigenvalue weighted by Gasteiger charge is 2.55. The Morgan fingerprint density at radius 3 is 2.65 bits per heavy atom. The molecule has 2 heterocycles. The van der Waals surface area contributed by atoms with Crippen molar-refractivity contribution in [1.82, 2.24) is 5.32 Å². The van der Waals surface area contributed by atoms with E-state index in [1.54, 1.807) is 7.11 Å². The van der Waals surface area contributed by atoms with Gasteiger partial charge in [-0.05, 0) is 13.8 Å². The van der Waals surface area contributed by atoms with E-state index in [-0.39, 0.29) is 24.6 Å². The summed E-state index contributed by atoms with van der Waals surface area (Å²) < 4.78 is 22.7. The maximum absolute atomic E-state index is 5.87. The smallest absolute Gasteiger partial charge is 0.186 e. The lowest BCUT2D eigenvalue weighted by Crippen LogP contribution is -2.38. The summed E-state index contributed by atoms with van der Waals surface area (Å²) in [5, 5.41) is 4.22. The van der Waals surface area contributed by atoms with Crippen LogP contribution in [0.2, 0.25) is 0 Å². The maximum Gasteiger partial charge on any atom is 0.186 e. The average Bonchev–Trinajstić information content (AvgIpc) is 2.73. The van der Waals surface area contributed by atoms with Gasteiger partial charge in [0.05, 0.1) is 0 Å². The molecule has 0 aliphatic carbocycles. The van der Waals surface area contributed by atoms with E-state index in [0.717, 1.165) is 18.4 Å². The summed E-state index contributed by atoms with van der Waals surface area (Å²) in [4.78, 5) is 0. The zero-order valence-corrected chi connectivity index (χ0v) is 12.0. The number of methoxy groups -OCH3 is 1. The van der Waals surface area contributed by atoms with Gasteiger partial charge in [0.2, 0.25) is 0 Å². The van der Waals surface area contributed by atoms with E-state index in [0.29, 0.717) is 0 Å². The van der Waals surface area contributed by atoms with Crippen molar-refractivity contribution in [2.75, 3.05) is 25.5 Å². The van der Waals surface area contributed by atoms with Crippen LogP contribution in [-0.2, 0) is 18.9 Å². The van der Waals surface area contributed by atoms with Gasteiger partial charge in [0.1, 0.15) is 18.3 Å². The van der Waals surface area contributed by atoms with Crippen LogP contribution in [0.5, 0.6) is 0 Å². The lowest BCUT2D eigenvalue weighted by atomic mass is 10.1. The first-order chi connectivity index (χ1) is 8.07. The minimum absolute atomic E-state index is 0.0224. The molecule has 0 amide bonds. The predicted octanol–water partition coefficient (Wildman–Crippen LogP) is 0.862. The molecule has 0 bridgehead atoms. The number of hydrogen-bond donors (Lipinski definition) is 1. The maximum atomic E-state index is 5.87. The molecule has 0 unspecified atom stereocenters. The van der Waals surface area contributed by atoms with Crippen LogP contribution in [0.3, 0.4) is 0 Å². The molecule has 17 heavy (non-hydrogen) atoms. The highest BCUT2D eigenvalue weighted by Crippen LogP contribution is 2.38. The van der Waals surface area contributed by atoms with Crippen molar-refractivity contribution >= 4 is 15.9 Å². The van der Waals surface area contributed by atoms with E-state index in [1.165, 1.54) is 0 Å². The van der Waals surface area contributed by atoms with Crippen LogP contribution in [0.4, 0.5) is 0 Å². The Kier molecular flexibility index (Phi) is 4.44. The van der Waals surface area contributed by atoms with E-state index in [9.17, 15) is 0 Å². The topological polar surface area (TPSA) is 49.0 Å². The number of rotatable bonds is 5. The van der Waals surface area contributed by atoms with E-state index >= 15 is 0 Å². The number of fused-ring (bicyclic) bond motifs is 1. The van der Waals surface area contributed by atoms with Gasteiger partial charge in [-0.2, -0.15) is 0 Å². The van der Waals surface area contributed by atoms with Crippen LogP contribution in [0.25, 0.3) is 0 Å². The van der Waals surface area contributed by atoms with Gasteiger partial charge in [-0.15, -0.1) is 0 Å².